The molecule has 0 N–H and O–H groups in total. The topological polar surface area (TPSA) is 29.5 Å². The van der Waals surface area contributed by atoms with Crippen molar-refractivity contribution >= 4 is 28.7 Å². The third-order valence-corrected chi connectivity index (χ3v) is 4.55. The summed E-state index contributed by atoms with van der Waals surface area (Å²) < 4.78 is 7.63. The van der Waals surface area contributed by atoms with E-state index in [-0.39, 0.29) is 18.2 Å². The zero-order valence-corrected chi connectivity index (χ0v) is 18.2. The number of amides is 1. The van der Waals surface area contributed by atoms with Crippen LogP contribution in [0.5, 0.6) is 0 Å². The molecule has 0 spiro atoms. The Hall–Kier alpha value is -0.960. The minimum Gasteiger partial charge on any atom is -0.444 e. The molecule has 1 fully saturated rings. The number of hydrogen-bond acceptors (Lipinski definition) is 2. The molecule has 0 aromatic heterocycles. The molecule has 4 heteroatoms. The Kier molecular flexibility index (Phi) is 10.3. The van der Waals surface area contributed by atoms with E-state index in [4.69, 9.17) is 4.74 Å². The first-order valence-corrected chi connectivity index (χ1v) is 10.5. The maximum absolute atomic E-state index is 12.5. The molecule has 1 amide bonds. The molecule has 0 aromatic rings. The summed E-state index contributed by atoms with van der Waals surface area (Å²) in [5, 5.41) is 0. The van der Waals surface area contributed by atoms with Gasteiger partial charge in [-0.15, -0.1) is 0 Å². The summed E-state index contributed by atoms with van der Waals surface area (Å²) in [6.07, 6.45) is 13.7. The second kappa shape index (κ2) is 11.6. The quantitative estimate of drug-likeness (QED) is 0.278. The van der Waals surface area contributed by atoms with Gasteiger partial charge in [0.2, 0.25) is 0 Å². The van der Waals surface area contributed by atoms with Gasteiger partial charge in [0.1, 0.15) is 5.60 Å². The number of carbonyl (C=O) groups excluding carboxylic acids is 1. The Balaban J connectivity index is 2.55. The maximum atomic E-state index is 12.5. The van der Waals surface area contributed by atoms with E-state index in [0.29, 0.717) is 0 Å². The fraction of sp³-hybridized carbons (Fsp3) is 0.667. The van der Waals surface area contributed by atoms with Gasteiger partial charge >= 0.3 is 6.09 Å². The van der Waals surface area contributed by atoms with E-state index in [2.05, 4.69) is 57.6 Å². The number of allylic oxidation sites excluding steroid dienone is 3. The van der Waals surface area contributed by atoms with Gasteiger partial charge in [0.25, 0.3) is 0 Å². The van der Waals surface area contributed by atoms with Crippen LogP contribution in [0.4, 0.5) is 4.79 Å². The van der Waals surface area contributed by atoms with E-state index in [1.807, 2.05) is 31.7 Å². The number of ether oxygens (including phenoxy) is 1. The Morgan fingerprint density at radius 2 is 1.92 bits per heavy atom. The Bertz CT molecular complexity index is 522. The van der Waals surface area contributed by atoms with Crippen molar-refractivity contribution in [2.45, 2.75) is 90.3 Å². The van der Waals surface area contributed by atoms with Crippen molar-refractivity contribution in [2.24, 2.45) is 0 Å². The van der Waals surface area contributed by atoms with Gasteiger partial charge in [-0.2, -0.15) is 0 Å². The van der Waals surface area contributed by atoms with Gasteiger partial charge in [-0.3, -0.25) is 4.90 Å². The largest absolute Gasteiger partial charge is 0.444 e. The number of rotatable bonds is 5. The molecule has 2 atom stereocenters. The van der Waals surface area contributed by atoms with E-state index in [9.17, 15) is 4.79 Å². The van der Waals surface area contributed by atoms with Gasteiger partial charge in [0, 0.05) is 6.04 Å². The number of likely N-dealkylation sites (tertiary alicyclic amines) is 1. The first-order valence-electron chi connectivity index (χ1n) is 9.27. The van der Waals surface area contributed by atoms with Crippen LogP contribution in [0.3, 0.4) is 0 Å². The van der Waals surface area contributed by atoms with Gasteiger partial charge in [-0.25, -0.2) is 4.79 Å². The smallest absolute Gasteiger partial charge is 0.411 e. The monoisotopic (exact) mass is 457 g/mol. The van der Waals surface area contributed by atoms with Gasteiger partial charge in [-0.1, -0.05) is 46.6 Å². The second-order valence-electron chi connectivity index (χ2n) is 7.52. The predicted molar refractivity (Wildman–Crippen MR) is 114 cm³/mol. The van der Waals surface area contributed by atoms with Crippen molar-refractivity contribution in [3.05, 3.63) is 22.3 Å². The molecule has 0 radical (unpaired) electrons. The van der Waals surface area contributed by atoms with Crippen LogP contribution < -0.4 is 0 Å². The predicted octanol–water partition coefficient (Wildman–Crippen LogP) is 6.23. The average Bonchev–Trinajstić information content (AvgIpc) is 2.51. The molecule has 140 valence electrons. The summed E-state index contributed by atoms with van der Waals surface area (Å²) in [6, 6.07) is 0.134. The summed E-state index contributed by atoms with van der Waals surface area (Å²) in [7, 11) is 0. The molecule has 1 rings (SSSR count). The molecule has 1 saturated heterocycles. The molecule has 25 heavy (non-hydrogen) atoms. The molecule has 0 saturated carbocycles. The van der Waals surface area contributed by atoms with Crippen LogP contribution in [0.1, 0.15) is 72.6 Å². The lowest BCUT2D eigenvalue weighted by Crippen LogP contribution is -2.50. The average molecular weight is 457 g/mol. The molecule has 0 bridgehead atoms. The van der Waals surface area contributed by atoms with Crippen LogP contribution in [-0.2, 0) is 4.74 Å². The number of nitrogens with zero attached hydrogens (tertiary/aromatic N) is 1. The zero-order valence-electron chi connectivity index (χ0n) is 16.1. The molecular weight excluding hydrogens is 425 g/mol. The lowest BCUT2D eigenvalue weighted by molar-refractivity contribution is 0.00473. The maximum Gasteiger partial charge on any atom is 0.411 e. The highest BCUT2D eigenvalue weighted by atomic mass is 127. The lowest BCUT2D eigenvalue weighted by atomic mass is 9.97. The van der Waals surface area contributed by atoms with Crippen LogP contribution >= 0.6 is 22.6 Å². The molecule has 1 aliphatic heterocycles. The van der Waals surface area contributed by atoms with E-state index in [0.717, 1.165) is 32.1 Å². The number of piperidine rings is 1. The van der Waals surface area contributed by atoms with Crippen LogP contribution in [0.25, 0.3) is 0 Å². The molecule has 0 unspecified atom stereocenters. The van der Waals surface area contributed by atoms with Crippen LogP contribution in [0, 0.1) is 11.8 Å². The third-order valence-electron chi connectivity index (χ3n) is 4.05. The van der Waals surface area contributed by atoms with Crippen molar-refractivity contribution in [3.8, 4) is 11.8 Å². The molecule has 1 aliphatic rings. The minimum atomic E-state index is -0.474. The molecular formula is C21H32INO2. The third kappa shape index (κ3) is 9.34. The second-order valence-corrected chi connectivity index (χ2v) is 8.24. The number of hydrogen-bond donors (Lipinski definition) is 0. The van der Waals surface area contributed by atoms with Crippen molar-refractivity contribution in [1.29, 1.82) is 0 Å². The highest BCUT2D eigenvalue weighted by molar-refractivity contribution is 14.1. The van der Waals surface area contributed by atoms with Crippen molar-refractivity contribution in [3.63, 3.8) is 0 Å². The summed E-state index contributed by atoms with van der Waals surface area (Å²) in [5.41, 5.74) is -0.474. The molecule has 0 aromatic carbocycles. The first-order chi connectivity index (χ1) is 11.8. The van der Waals surface area contributed by atoms with Gasteiger partial charge < -0.3 is 4.74 Å². The van der Waals surface area contributed by atoms with Gasteiger partial charge in [0.05, 0.1) is 6.04 Å². The van der Waals surface area contributed by atoms with Crippen molar-refractivity contribution in [1.82, 2.24) is 4.90 Å². The fourth-order valence-corrected chi connectivity index (χ4v) is 3.19. The standard InChI is InChI=1S/C21H32INO2/c1-18-14-13-16-19(23(18)20(24)25-21(2,3)4)15-11-9-7-5-6-8-10-12-17-22/h7,9,12,17-19H,5-6,8,10,13-14,16H2,1-4H3/b9-7+,17-12+/t18-,19-/m0/s1. The van der Waals surface area contributed by atoms with E-state index < -0.39 is 5.60 Å². The van der Waals surface area contributed by atoms with Crippen LogP contribution in [-0.4, -0.2) is 28.7 Å². The highest BCUT2D eigenvalue weighted by Crippen LogP contribution is 2.24. The minimum absolute atomic E-state index is 0.0444. The van der Waals surface area contributed by atoms with Crippen molar-refractivity contribution < 1.29 is 9.53 Å². The molecule has 3 nitrogen and oxygen atoms in total. The number of unbranched alkanes of at least 4 members (excludes halogenated alkanes) is 3. The zero-order chi connectivity index (χ0) is 18.7. The normalized spacial score (nSPS) is 21.4. The number of carbonyl (C=O) groups is 1. The Morgan fingerprint density at radius 3 is 2.56 bits per heavy atom. The summed E-state index contributed by atoms with van der Waals surface area (Å²) >= 11 is 2.25. The van der Waals surface area contributed by atoms with E-state index in [1.54, 1.807) is 0 Å². The van der Waals surface area contributed by atoms with Crippen LogP contribution in [0.15, 0.2) is 22.3 Å². The van der Waals surface area contributed by atoms with Gasteiger partial charge in [-0.05, 0) is 82.8 Å². The molecule has 0 aliphatic carbocycles. The van der Waals surface area contributed by atoms with Crippen molar-refractivity contribution in [2.75, 3.05) is 0 Å². The summed E-state index contributed by atoms with van der Waals surface area (Å²) in [4.78, 5) is 14.3. The Labute approximate surface area is 167 Å². The van der Waals surface area contributed by atoms with E-state index >= 15 is 0 Å². The number of halogens is 1. The lowest BCUT2D eigenvalue weighted by Gasteiger charge is -2.38. The van der Waals surface area contributed by atoms with Crippen LogP contribution in [0.2, 0.25) is 0 Å². The SMILES string of the molecule is C[C@H]1CCC[C@H](C#C/C=C/CCCC/C=C/I)N1C(=O)OC(C)(C)C. The fourth-order valence-electron chi connectivity index (χ4n) is 2.83. The van der Waals surface area contributed by atoms with Gasteiger partial charge in [0.15, 0.2) is 0 Å². The first kappa shape index (κ1) is 22.1. The summed E-state index contributed by atoms with van der Waals surface area (Å²) in [5.74, 6) is 6.39. The van der Waals surface area contributed by atoms with E-state index in [1.165, 1.54) is 12.8 Å². The highest BCUT2D eigenvalue weighted by Gasteiger charge is 2.33. The summed E-state index contributed by atoms with van der Waals surface area (Å²) in [6.45, 7) is 7.79. The Morgan fingerprint density at radius 1 is 1.24 bits per heavy atom. The molecule has 1 heterocycles.